The minimum absolute atomic E-state index is 0.0810. The van der Waals surface area contributed by atoms with E-state index in [2.05, 4.69) is 0 Å². The molecule has 1 aromatic rings. The number of hydrogen-bond acceptors (Lipinski definition) is 3. The van der Waals surface area contributed by atoms with Crippen molar-refractivity contribution in [2.45, 2.75) is 25.4 Å². The van der Waals surface area contributed by atoms with Crippen LogP contribution in [-0.4, -0.2) is 28.4 Å². The van der Waals surface area contributed by atoms with Crippen molar-refractivity contribution in [2.24, 2.45) is 0 Å². The molecule has 0 aliphatic carbocycles. The minimum Gasteiger partial charge on any atom is -0.493 e. The van der Waals surface area contributed by atoms with Gasteiger partial charge in [-0.3, -0.25) is 0 Å². The summed E-state index contributed by atoms with van der Waals surface area (Å²) < 4.78 is 18.0. The van der Waals surface area contributed by atoms with E-state index in [4.69, 9.17) is 9.84 Å². The summed E-state index contributed by atoms with van der Waals surface area (Å²) in [4.78, 5) is 10.6. The van der Waals surface area contributed by atoms with Gasteiger partial charge in [0.05, 0.1) is 6.61 Å². The van der Waals surface area contributed by atoms with Crippen LogP contribution in [0, 0.1) is 5.82 Å². The van der Waals surface area contributed by atoms with E-state index in [1.165, 1.54) is 25.1 Å². The minimum atomic E-state index is -1.74. The molecule has 0 bridgehead atoms. The lowest BCUT2D eigenvalue weighted by Gasteiger charge is -2.17. The van der Waals surface area contributed by atoms with Crippen LogP contribution in [0.2, 0.25) is 0 Å². The summed E-state index contributed by atoms with van der Waals surface area (Å²) in [5.74, 6) is -1.26. The Morgan fingerprint density at radius 3 is 2.82 bits per heavy atom. The average molecular weight is 242 g/mol. The van der Waals surface area contributed by atoms with Gasteiger partial charge in [0.15, 0.2) is 5.60 Å². The molecule has 0 fully saturated rings. The Balaban J connectivity index is 2.32. The van der Waals surface area contributed by atoms with Crippen molar-refractivity contribution in [1.29, 1.82) is 0 Å². The molecule has 1 aromatic carbocycles. The summed E-state index contributed by atoms with van der Waals surface area (Å²) >= 11 is 0. The van der Waals surface area contributed by atoms with Gasteiger partial charge in [-0.25, -0.2) is 9.18 Å². The molecule has 0 heterocycles. The van der Waals surface area contributed by atoms with Crippen LogP contribution in [0.25, 0.3) is 0 Å². The molecule has 0 radical (unpaired) electrons. The van der Waals surface area contributed by atoms with E-state index >= 15 is 0 Å². The van der Waals surface area contributed by atoms with Crippen LogP contribution in [0.3, 0.4) is 0 Å². The number of aliphatic carboxylic acids is 1. The van der Waals surface area contributed by atoms with Gasteiger partial charge in [0.2, 0.25) is 0 Å². The molecule has 1 atom stereocenters. The predicted octanol–water partition coefficient (Wildman–Crippen LogP) is 1.82. The second-order valence-corrected chi connectivity index (χ2v) is 3.99. The zero-order chi connectivity index (χ0) is 12.9. The van der Waals surface area contributed by atoms with Crippen molar-refractivity contribution in [3.63, 3.8) is 0 Å². The molecule has 5 heteroatoms. The van der Waals surface area contributed by atoms with E-state index in [-0.39, 0.29) is 18.8 Å². The number of aliphatic hydroxyl groups is 1. The lowest BCUT2D eigenvalue weighted by molar-refractivity contribution is -0.157. The van der Waals surface area contributed by atoms with E-state index in [9.17, 15) is 14.3 Å². The topological polar surface area (TPSA) is 66.8 Å². The smallest absolute Gasteiger partial charge is 0.335 e. The molecule has 0 spiro atoms. The van der Waals surface area contributed by atoms with Crippen LogP contribution >= 0.6 is 0 Å². The first-order valence-electron chi connectivity index (χ1n) is 5.26. The number of carbonyl (C=O) groups is 1. The second-order valence-electron chi connectivity index (χ2n) is 3.99. The summed E-state index contributed by atoms with van der Waals surface area (Å²) in [7, 11) is 0. The first-order chi connectivity index (χ1) is 7.92. The zero-order valence-corrected chi connectivity index (χ0v) is 9.52. The van der Waals surface area contributed by atoms with Crippen molar-refractivity contribution in [2.75, 3.05) is 6.61 Å². The van der Waals surface area contributed by atoms with Crippen molar-refractivity contribution in [3.05, 3.63) is 30.1 Å². The maximum Gasteiger partial charge on any atom is 0.335 e. The van der Waals surface area contributed by atoms with Crippen LogP contribution in [0.5, 0.6) is 5.75 Å². The summed E-state index contributed by atoms with van der Waals surface area (Å²) in [6.45, 7) is 1.46. The van der Waals surface area contributed by atoms with Crippen molar-refractivity contribution >= 4 is 5.97 Å². The van der Waals surface area contributed by atoms with Crippen LogP contribution in [0.15, 0.2) is 24.3 Å². The van der Waals surface area contributed by atoms with Gasteiger partial charge in [-0.2, -0.15) is 0 Å². The monoisotopic (exact) mass is 242 g/mol. The van der Waals surface area contributed by atoms with Crippen LogP contribution < -0.4 is 4.74 Å². The zero-order valence-electron chi connectivity index (χ0n) is 9.52. The van der Waals surface area contributed by atoms with Crippen LogP contribution in [0.1, 0.15) is 19.8 Å². The number of benzene rings is 1. The molecule has 0 saturated heterocycles. The summed E-state index contributed by atoms with van der Waals surface area (Å²) in [5.41, 5.74) is -1.74. The van der Waals surface area contributed by atoms with E-state index in [0.717, 1.165) is 0 Å². The summed E-state index contributed by atoms with van der Waals surface area (Å²) in [6, 6.07) is 5.69. The second kappa shape index (κ2) is 5.63. The Labute approximate surface area is 98.7 Å². The van der Waals surface area contributed by atoms with Gasteiger partial charge in [-0.1, -0.05) is 6.07 Å². The first kappa shape index (κ1) is 13.4. The third-order valence-electron chi connectivity index (χ3n) is 2.33. The van der Waals surface area contributed by atoms with Crippen molar-refractivity contribution in [1.82, 2.24) is 0 Å². The summed E-state index contributed by atoms with van der Waals surface area (Å²) in [5, 5.41) is 18.1. The number of carboxylic acid groups (broad SMARTS) is 1. The van der Waals surface area contributed by atoms with Crippen molar-refractivity contribution < 1.29 is 24.1 Å². The Morgan fingerprint density at radius 1 is 1.53 bits per heavy atom. The molecule has 0 amide bonds. The molecule has 94 valence electrons. The highest BCUT2D eigenvalue weighted by atomic mass is 19.1. The number of hydrogen-bond donors (Lipinski definition) is 2. The molecule has 0 aromatic heterocycles. The standard InChI is InChI=1S/C12H15FO4/c1-12(16,11(14)15)6-3-7-17-10-5-2-4-9(13)8-10/h2,4-5,8,16H,3,6-7H2,1H3,(H,14,15). The highest BCUT2D eigenvalue weighted by Crippen LogP contribution is 2.15. The normalized spacial score (nSPS) is 14.1. The van der Waals surface area contributed by atoms with E-state index in [1.807, 2.05) is 0 Å². The molecule has 0 aliphatic rings. The fourth-order valence-electron chi connectivity index (χ4n) is 1.27. The highest BCUT2D eigenvalue weighted by molar-refractivity contribution is 5.76. The van der Waals surface area contributed by atoms with Gasteiger partial charge < -0.3 is 14.9 Å². The SMILES string of the molecule is CC(O)(CCCOc1cccc(F)c1)C(=O)O. The predicted molar refractivity (Wildman–Crippen MR) is 59.4 cm³/mol. The third-order valence-corrected chi connectivity index (χ3v) is 2.33. The number of ether oxygens (including phenoxy) is 1. The molecule has 17 heavy (non-hydrogen) atoms. The molecule has 0 saturated carbocycles. The lowest BCUT2D eigenvalue weighted by atomic mass is 10.0. The van der Waals surface area contributed by atoms with E-state index in [1.54, 1.807) is 6.07 Å². The maximum atomic E-state index is 12.8. The van der Waals surface area contributed by atoms with E-state index in [0.29, 0.717) is 12.2 Å². The van der Waals surface area contributed by atoms with E-state index < -0.39 is 11.6 Å². The third kappa shape index (κ3) is 4.40. The lowest BCUT2D eigenvalue weighted by Crippen LogP contribution is -2.35. The molecular weight excluding hydrogens is 227 g/mol. The van der Waals surface area contributed by atoms with Gasteiger partial charge >= 0.3 is 5.97 Å². The number of halogens is 1. The van der Waals surface area contributed by atoms with Crippen LogP contribution in [-0.2, 0) is 4.79 Å². The maximum absolute atomic E-state index is 12.8. The highest BCUT2D eigenvalue weighted by Gasteiger charge is 2.28. The number of carboxylic acids is 1. The molecule has 0 aliphatic heterocycles. The van der Waals surface area contributed by atoms with Gasteiger partial charge in [-0.15, -0.1) is 0 Å². The van der Waals surface area contributed by atoms with Gasteiger partial charge in [-0.05, 0) is 31.9 Å². The Kier molecular flexibility index (Phi) is 4.45. The van der Waals surface area contributed by atoms with Gasteiger partial charge in [0.25, 0.3) is 0 Å². The fourth-order valence-corrected chi connectivity index (χ4v) is 1.27. The molecular formula is C12H15FO4. The Bertz CT molecular complexity index is 390. The van der Waals surface area contributed by atoms with Crippen LogP contribution in [0.4, 0.5) is 4.39 Å². The molecule has 1 rings (SSSR count). The Morgan fingerprint density at radius 2 is 2.24 bits per heavy atom. The Hall–Kier alpha value is -1.62. The molecule has 1 unspecified atom stereocenters. The quantitative estimate of drug-likeness (QED) is 0.747. The fraction of sp³-hybridized carbons (Fsp3) is 0.417. The largest absolute Gasteiger partial charge is 0.493 e. The molecule has 2 N–H and O–H groups in total. The summed E-state index contributed by atoms with van der Waals surface area (Å²) in [6.07, 6.45) is 0.452. The number of rotatable bonds is 6. The first-order valence-corrected chi connectivity index (χ1v) is 5.26. The average Bonchev–Trinajstić information content (AvgIpc) is 2.24. The van der Waals surface area contributed by atoms with Crippen molar-refractivity contribution in [3.8, 4) is 5.75 Å². The van der Waals surface area contributed by atoms with Gasteiger partial charge in [0, 0.05) is 6.07 Å². The molecule has 4 nitrogen and oxygen atoms in total. The van der Waals surface area contributed by atoms with Gasteiger partial charge in [0.1, 0.15) is 11.6 Å².